The smallest absolute Gasteiger partial charge is 0.407 e. The molecular formula is C20H23N5O2. The minimum atomic E-state index is -0.481. The van der Waals surface area contributed by atoms with E-state index in [2.05, 4.69) is 20.4 Å². The van der Waals surface area contributed by atoms with Crippen molar-refractivity contribution in [1.82, 2.24) is 25.1 Å². The van der Waals surface area contributed by atoms with E-state index >= 15 is 0 Å². The van der Waals surface area contributed by atoms with Gasteiger partial charge in [0.15, 0.2) is 0 Å². The number of nitrogens with zero attached hydrogens (tertiary/aromatic N) is 4. The maximum Gasteiger partial charge on any atom is 0.407 e. The van der Waals surface area contributed by atoms with Crippen LogP contribution in [0.1, 0.15) is 39.7 Å². The lowest BCUT2D eigenvalue weighted by Crippen LogP contribution is -2.46. The van der Waals surface area contributed by atoms with Crippen molar-refractivity contribution in [2.45, 2.75) is 51.3 Å². The van der Waals surface area contributed by atoms with Gasteiger partial charge in [-0.15, -0.1) is 0 Å². The van der Waals surface area contributed by atoms with E-state index < -0.39 is 5.60 Å². The molecule has 1 fully saturated rings. The summed E-state index contributed by atoms with van der Waals surface area (Å²) in [6.45, 7) is 5.57. The Morgan fingerprint density at radius 2 is 1.93 bits per heavy atom. The van der Waals surface area contributed by atoms with Crippen LogP contribution in [0.5, 0.6) is 0 Å². The van der Waals surface area contributed by atoms with Gasteiger partial charge in [-0.2, -0.15) is 5.10 Å². The number of fused-ring (bicyclic) bond motifs is 1. The van der Waals surface area contributed by atoms with E-state index in [9.17, 15) is 4.79 Å². The first-order valence-corrected chi connectivity index (χ1v) is 9.13. The van der Waals surface area contributed by atoms with Gasteiger partial charge < -0.3 is 10.1 Å². The van der Waals surface area contributed by atoms with Gasteiger partial charge in [0.25, 0.3) is 0 Å². The Labute approximate surface area is 157 Å². The van der Waals surface area contributed by atoms with Crippen molar-refractivity contribution in [1.29, 1.82) is 0 Å². The number of carbonyl (C=O) groups excluding carboxylic acids is 1. The highest BCUT2D eigenvalue weighted by molar-refractivity contribution is 5.76. The predicted molar refractivity (Wildman–Crippen MR) is 102 cm³/mol. The summed E-state index contributed by atoms with van der Waals surface area (Å²) >= 11 is 0. The van der Waals surface area contributed by atoms with Crippen LogP contribution in [0.25, 0.3) is 22.3 Å². The number of aromatic nitrogens is 4. The second kappa shape index (κ2) is 6.64. The summed E-state index contributed by atoms with van der Waals surface area (Å²) in [5.41, 5.74) is 3.02. The summed E-state index contributed by atoms with van der Waals surface area (Å²) in [5.74, 6) is 0. The molecule has 7 heteroatoms. The molecule has 1 amide bonds. The van der Waals surface area contributed by atoms with Crippen molar-refractivity contribution >= 4 is 17.1 Å². The van der Waals surface area contributed by atoms with Gasteiger partial charge in [-0.25, -0.2) is 9.78 Å². The molecule has 1 aromatic carbocycles. The zero-order chi connectivity index (χ0) is 19.0. The SMILES string of the molecule is CC(C)(C)OC(=O)NC1CC(n2cc(-c3cnc4ccccc4n3)cn2)C1. The summed E-state index contributed by atoms with van der Waals surface area (Å²) in [7, 11) is 0. The third-order valence-corrected chi connectivity index (χ3v) is 4.55. The first-order chi connectivity index (χ1) is 12.9. The van der Waals surface area contributed by atoms with Crippen LogP contribution >= 0.6 is 0 Å². The van der Waals surface area contributed by atoms with Crippen LogP contribution in [-0.4, -0.2) is 37.5 Å². The minimum Gasteiger partial charge on any atom is -0.444 e. The second-order valence-electron chi connectivity index (χ2n) is 7.92. The number of benzene rings is 1. The molecule has 0 saturated heterocycles. The van der Waals surface area contributed by atoms with Crippen LogP contribution < -0.4 is 5.32 Å². The van der Waals surface area contributed by atoms with Gasteiger partial charge in [-0.3, -0.25) is 9.67 Å². The van der Waals surface area contributed by atoms with Crippen LogP contribution in [0.2, 0.25) is 0 Å². The topological polar surface area (TPSA) is 81.9 Å². The zero-order valence-electron chi connectivity index (χ0n) is 15.7. The largest absolute Gasteiger partial charge is 0.444 e. The summed E-state index contributed by atoms with van der Waals surface area (Å²) in [6.07, 6.45) is 6.89. The molecule has 140 valence electrons. The van der Waals surface area contributed by atoms with E-state index in [1.165, 1.54) is 0 Å². The molecule has 0 unspecified atom stereocenters. The number of ether oxygens (including phenoxy) is 1. The Morgan fingerprint density at radius 3 is 2.67 bits per heavy atom. The Morgan fingerprint density at radius 1 is 1.19 bits per heavy atom. The quantitative estimate of drug-likeness (QED) is 0.765. The molecule has 0 aliphatic heterocycles. The fourth-order valence-corrected chi connectivity index (χ4v) is 3.16. The number of carbonyl (C=O) groups is 1. The van der Waals surface area contributed by atoms with E-state index in [1.54, 1.807) is 6.20 Å². The average molecular weight is 365 g/mol. The summed E-state index contributed by atoms with van der Waals surface area (Å²) in [4.78, 5) is 21.0. The zero-order valence-corrected chi connectivity index (χ0v) is 15.7. The monoisotopic (exact) mass is 365 g/mol. The van der Waals surface area contributed by atoms with E-state index in [4.69, 9.17) is 4.74 Å². The molecule has 27 heavy (non-hydrogen) atoms. The second-order valence-corrected chi connectivity index (χ2v) is 7.92. The number of para-hydroxylation sites is 2. The molecule has 3 aromatic rings. The normalized spacial score (nSPS) is 19.5. The number of hydrogen-bond acceptors (Lipinski definition) is 5. The molecule has 4 rings (SSSR count). The third-order valence-electron chi connectivity index (χ3n) is 4.55. The summed E-state index contributed by atoms with van der Waals surface area (Å²) < 4.78 is 7.24. The van der Waals surface area contributed by atoms with Crippen LogP contribution in [0.4, 0.5) is 4.79 Å². The Bertz CT molecular complexity index is 970. The van der Waals surface area contributed by atoms with Crippen molar-refractivity contribution in [3.63, 3.8) is 0 Å². The van der Waals surface area contributed by atoms with Crippen LogP contribution in [0.3, 0.4) is 0 Å². The third kappa shape index (κ3) is 3.92. The molecular weight excluding hydrogens is 342 g/mol. The maximum atomic E-state index is 11.8. The highest BCUT2D eigenvalue weighted by Gasteiger charge is 2.33. The lowest BCUT2D eigenvalue weighted by molar-refractivity contribution is 0.0452. The average Bonchev–Trinajstić information content (AvgIpc) is 3.05. The molecule has 1 saturated carbocycles. The van der Waals surface area contributed by atoms with Crippen LogP contribution in [0.15, 0.2) is 42.9 Å². The van der Waals surface area contributed by atoms with Gasteiger partial charge in [0, 0.05) is 17.8 Å². The minimum absolute atomic E-state index is 0.123. The maximum absolute atomic E-state index is 11.8. The predicted octanol–water partition coefficient (Wildman–Crippen LogP) is 3.72. The fourth-order valence-electron chi connectivity index (χ4n) is 3.16. The highest BCUT2D eigenvalue weighted by atomic mass is 16.6. The standard InChI is InChI=1S/C20H23N5O2/c1-20(2,3)27-19(26)23-14-8-15(9-14)25-12-13(10-22-25)18-11-21-16-6-4-5-7-17(16)24-18/h4-7,10-12,14-15H,8-9H2,1-3H3,(H,23,26). The van der Waals surface area contributed by atoms with Gasteiger partial charge in [0.1, 0.15) is 5.60 Å². The van der Waals surface area contributed by atoms with Gasteiger partial charge in [0.2, 0.25) is 0 Å². The molecule has 1 aliphatic rings. The number of amides is 1. The van der Waals surface area contributed by atoms with Crippen molar-refractivity contribution in [2.75, 3.05) is 0 Å². The molecule has 7 nitrogen and oxygen atoms in total. The molecule has 2 heterocycles. The van der Waals surface area contributed by atoms with Crippen LogP contribution in [0, 0.1) is 0 Å². The van der Waals surface area contributed by atoms with E-state index in [0.717, 1.165) is 35.1 Å². The van der Waals surface area contributed by atoms with E-state index in [-0.39, 0.29) is 18.2 Å². The Kier molecular flexibility index (Phi) is 4.30. The number of hydrogen-bond donors (Lipinski definition) is 1. The van der Waals surface area contributed by atoms with Gasteiger partial charge >= 0.3 is 6.09 Å². The summed E-state index contributed by atoms with van der Waals surface area (Å²) in [5, 5.41) is 7.38. The van der Waals surface area contributed by atoms with Gasteiger partial charge in [-0.05, 0) is 45.7 Å². The molecule has 1 N–H and O–H groups in total. The molecule has 0 atom stereocenters. The number of alkyl carbamates (subject to hydrolysis) is 1. The lowest BCUT2D eigenvalue weighted by Gasteiger charge is -2.36. The van der Waals surface area contributed by atoms with Gasteiger partial charge in [-0.1, -0.05) is 12.1 Å². The fraction of sp³-hybridized carbons (Fsp3) is 0.400. The molecule has 0 spiro atoms. The Hall–Kier alpha value is -2.96. The van der Waals surface area contributed by atoms with E-state index in [1.807, 2.05) is 62.1 Å². The van der Waals surface area contributed by atoms with E-state index in [0.29, 0.717) is 0 Å². The number of nitrogens with one attached hydrogen (secondary N) is 1. The molecule has 0 radical (unpaired) electrons. The van der Waals surface area contributed by atoms with Crippen LogP contribution in [-0.2, 0) is 4.74 Å². The first kappa shape index (κ1) is 17.5. The first-order valence-electron chi connectivity index (χ1n) is 9.13. The van der Waals surface area contributed by atoms with Gasteiger partial charge in [0.05, 0.1) is 35.2 Å². The van der Waals surface area contributed by atoms with Crippen molar-refractivity contribution in [3.8, 4) is 11.3 Å². The lowest BCUT2D eigenvalue weighted by atomic mass is 9.87. The number of rotatable bonds is 3. The van der Waals surface area contributed by atoms with Crippen molar-refractivity contribution in [3.05, 3.63) is 42.9 Å². The highest BCUT2D eigenvalue weighted by Crippen LogP contribution is 2.33. The molecule has 0 bridgehead atoms. The molecule has 2 aromatic heterocycles. The summed E-state index contributed by atoms with van der Waals surface area (Å²) in [6, 6.07) is 8.20. The molecule has 1 aliphatic carbocycles. The van der Waals surface area contributed by atoms with Crippen molar-refractivity contribution < 1.29 is 9.53 Å². The van der Waals surface area contributed by atoms with Crippen molar-refractivity contribution in [2.24, 2.45) is 0 Å². The Balaban J connectivity index is 1.38.